The van der Waals surface area contributed by atoms with E-state index in [-0.39, 0.29) is 5.69 Å². The molecule has 6 heteroatoms. The minimum atomic E-state index is -0.645. The van der Waals surface area contributed by atoms with Crippen molar-refractivity contribution in [3.63, 3.8) is 0 Å². The van der Waals surface area contributed by atoms with Crippen molar-refractivity contribution in [2.45, 2.75) is 19.6 Å². The molecule has 0 fully saturated rings. The summed E-state index contributed by atoms with van der Waals surface area (Å²) in [6, 6.07) is 16.4. The van der Waals surface area contributed by atoms with E-state index in [4.69, 9.17) is 4.74 Å². The maximum atomic E-state index is 12.6. The topological polar surface area (TPSA) is 84.3 Å². The van der Waals surface area contributed by atoms with Crippen molar-refractivity contribution in [2.75, 3.05) is 5.32 Å². The first-order valence-corrected chi connectivity index (χ1v) is 8.20. The van der Waals surface area contributed by atoms with Crippen molar-refractivity contribution >= 4 is 11.7 Å². The second-order valence-corrected chi connectivity index (χ2v) is 5.73. The number of nitrogens with zero attached hydrogens (tertiary/aromatic N) is 2. The Hall–Kier alpha value is -3.25. The number of hydrogen-bond donors (Lipinski definition) is 2. The minimum Gasteiger partial charge on any atom is -0.486 e. The molecule has 6 nitrogen and oxygen atoms in total. The molecule has 132 valence electrons. The van der Waals surface area contributed by atoms with E-state index in [1.165, 1.54) is 12.4 Å². The first-order chi connectivity index (χ1) is 12.6. The Morgan fingerprint density at radius 1 is 1.12 bits per heavy atom. The van der Waals surface area contributed by atoms with Gasteiger partial charge in [0, 0.05) is 12.4 Å². The largest absolute Gasteiger partial charge is 0.486 e. The summed E-state index contributed by atoms with van der Waals surface area (Å²) in [4.78, 5) is 20.8. The van der Waals surface area contributed by atoms with E-state index in [0.29, 0.717) is 23.7 Å². The van der Waals surface area contributed by atoms with Gasteiger partial charge in [-0.2, -0.15) is 0 Å². The van der Waals surface area contributed by atoms with Crippen LogP contribution in [0.4, 0.5) is 5.82 Å². The normalized spacial score (nSPS) is 11.6. The fourth-order valence-corrected chi connectivity index (χ4v) is 2.36. The number of benzene rings is 1. The molecule has 0 aliphatic rings. The summed E-state index contributed by atoms with van der Waals surface area (Å²) in [6.45, 7) is 1.98. The highest BCUT2D eigenvalue weighted by Crippen LogP contribution is 2.20. The van der Waals surface area contributed by atoms with Gasteiger partial charge in [0.1, 0.15) is 12.4 Å². The molecule has 0 aliphatic carbocycles. The van der Waals surface area contributed by atoms with Crippen LogP contribution in [0.5, 0.6) is 5.75 Å². The first kappa shape index (κ1) is 17.6. The standard InChI is InChI=1S/C20H19N3O3/c1-14(24)16-9-11-21-18(12-16)23-20(25)19-17(8-5-10-22-19)26-13-15-6-3-2-4-7-15/h2-12,14,24H,13H2,1H3,(H,21,23,25). The van der Waals surface area contributed by atoms with E-state index in [1.54, 1.807) is 31.2 Å². The molecule has 0 saturated carbocycles. The highest BCUT2D eigenvalue weighted by Gasteiger charge is 2.15. The molecule has 2 N–H and O–H groups in total. The number of aromatic nitrogens is 2. The molecule has 1 atom stereocenters. The molecule has 0 bridgehead atoms. The van der Waals surface area contributed by atoms with Crippen molar-refractivity contribution in [1.82, 2.24) is 9.97 Å². The number of nitrogens with one attached hydrogen (secondary N) is 1. The molecule has 0 saturated heterocycles. The maximum Gasteiger partial charge on any atom is 0.279 e. The number of carbonyl (C=O) groups is 1. The van der Waals surface area contributed by atoms with Crippen LogP contribution in [0.15, 0.2) is 67.0 Å². The second kappa shape index (κ2) is 8.22. The van der Waals surface area contributed by atoms with Crippen molar-refractivity contribution in [3.8, 4) is 5.75 Å². The average molecular weight is 349 g/mol. The van der Waals surface area contributed by atoms with Crippen molar-refractivity contribution in [1.29, 1.82) is 0 Å². The zero-order valence-electron chi connectivity index (χ0n) is 14.3. The van der Waals surface area contributed by atoms with Gasteiger partial charge in [-0.3, -0.25) is 4.79 Å². The molecule has 0 aliphatic heterocycles. The van der Waals surface area contributed by atoms with Crippen LogP contribution in [0.3, 0.4) is 0 Å². The van der Waals surface area contributed by atoms with Gasteiger partial charge in [0.2, 0.25) is 0 Å². The van der Waals surface area contributed by atoms with E-state index in [1.807, 2.05) is 30.3 Å². The van der Waals surface area contributed by atoms with Gasteiger partial charge in [0.15, 0.2) is 11.4 Å². The van der Waals surface area contributed by atoms with Gasteiger partial charge in [0.05, 0.1) is 6.10 Å². The van der Waals surface area contributed by atoms with Gasteiger partial charge in [0.25, 0.3) is 5.91 Å². The van der Waals surface area contributed by atoms with E-state index < -0.39 is 12.0 Å². The molecule has 1 amide bonds. The smallest absolute Gasteiger partial charge is 0.279 e. The predicted molar refractivity (Wildman–Crippen MR) is 97.8 cm³/mol. The van der Waals surface area contributed by atoms with Gasteiger partial charge < -0.3 is 15.2 Å². The fourth-order valence-electron chi connectivity index (χ4n) is 2.36. The number of aliphatic hydroxyl groups is 1. The summed E-state index contributed by atoms with van der Waals surface area (Å²) in [5.41, 5.74) is 1.83. The zero-order valence-corrected chi connectivity index (χ0v) is 14.3. The summed E-state index contributed by atoms with van der Waals surface area (Å²) in [7, 11) is 0. The van der Waals surface area contributed by atoms with E-state index in [2.05, 4.69) is 15.3 Å². The van der Waals surface area contributed by atoms with Crippen LogP contribution in [0.1, 0.15) is 34.6 Å². The van der Waals surface area contributed by atoms with Crippen LogP contribution in [-0.2, 0) is 6.61 Å². The summed E-state index contributed by atoms with van der Waals surface area (Å²) in [5, 5.41) is 12.3. The van der Waals surface area contributed by atoms with E-state index in [9.17, 15) is 9.90 Å². The second-order valence-electron chi connectivity index (χ2n) is 5.73. The lowest BCUT2D eigenvalue weighted by Gasteiger charge is -2.11. The Morgan fingerprint density at radius 2 is 1.92 bits per heavy atom. The molecule has 0 spiro atoms. The first-order valence-electron chi connectivity index (χ1n) is 8.20. The number of carbonyl (C=O) groups excluding carboxylic acids is 1. The summed E-state index contributed by atoms with van der Waals surface area (Å²) in [6.07, 6.45) is 2.42. The lowest BCUT2D eigenvalue weighted by atomic mass is 10.2. The van der Waals surface area contributed by atoms with E-state index >= 15 is 0 Å². The van der Waals surface area contributed by atoms with Crippen molar-refractivity contribution in [3.05, 3.63) is 83.8 Å². The molecular formula is C20H19N3O3. The number of rotatable bonds is 6. The monoisotopic (exact) mass is 349 g/mol. The third-order valence-electron chi connectivity index (χ3n) is 3.73. The molecule has 2 aromatic heterocycles. The SMILES string of the molecule is CC(O)c1ccnc(NC(=O)c2ncccc2OCc2ccccc2)c1. The third-order valence-corrected chi connectivity index (χ3v) is 3.73. The van der Waals surface area contributed by atoms with Crippen LogP contribution in [0.2, 0.25) is 0 Å². The Kier molecular flexibility index (Phi) is 5.56. The quantitative estimate of drug-likeness (QED) is 0.713. The third kappa shape index (κ3) is 4.43. The van der Waals surface area contributed by atoms with Crippen molar-refractivity contribution < 1.29 is 14.6 Å². The predicted octanol–water partition coefficient (Wildman–Crippen LogP) is 3.36. The van der Waals surface area contributed by atoms with Crippen molar-refractivity contribution in [2.24, 2.45) is 0 Å². The lowest BCUT2D eigenvalue weighted by molar-refractivity contribution is 0.101. The Balaban J connectivity index is 1.74. The Morgan fingerprint density at radius 3 is 2.69 bits per heavy atom. The Labute approximate surface area is 151 Å². The van der Waals surface area contributed by atoms with Crippen LogP contribution in [0.25, 0.3) is 0 Å². The molecule has 2 heterocycles. The molecule has 1 unspecified atom stereocenters. The van der Waals surface area contributed by atoms with Crippen LogP contribution in [0, 0.1) is 0 Å². The molecule has 0 radical (unpaired) electrons. The number of ether oxygens (including phenoxy) is 1. The summed E-state index contributed by atoms with van der Waals surface area (Å²) < 4.78 is 5.76. The molecule has 3 rings (SSSR count). The van der Waals surface area contributed by atoms with Gasteiger partial charge in [-0.05, 0) is 42.3 Å². The van der Waals surface area contributed by atoms with E-state index in [0.717, 1.165) is 5.56 Å². The maximum absolute atomic E-state index is 12.6. The zero-order chi connectivity index (χ0) is 18.4. The van der Waals surface area contributed by atoms with Crippen LogP contribution < -0.4 is 10.1 Å². The molecule has 1 aromatic carbocycles. The van der Waals surface area contributed by atoms with Crippen LogP contribution >= 0.6 is 0 Å². The lowest BCUT2D eigenvalue weighted by Crippen LogP contribution is -2.16. The highest BCUT2D eigenvalue weighted by molar-refractivity contribution is 6.04. The average Bonchev–Trinajstić information content (AvgIpc) is 2.67. The van der Waals surface area contributed by atoms with Gasteiger partial charge >= 0.3 is 0 Å². The summed E-state index contributed by atoms with van der Waals surface area (Å²) in [5.74, 6) is 0.303. The number of anilines is 1. The van der Waals surface area contributed by atoms with Gasteiger partial charge in [-0.1, -0.05) is 30.3 Å². The molecular weight excluding hydrogens is 330 g/mol. The minimum absolute atomic E-state index is 0.174. The molecule has 26 heavy (non-hydrogen) atoms. The number of aliphatic hydroxyl groups excluding tert-OH is 1. The summed E-state index contributed by atoms with van der Waals surface area (Å²) >= 11 is 0. The van der Waals surface area contributed by atoms with Crippen LogP contribution in [-0.4, -0.2) is 21.0 Å². The van der Waals surface area contributed by atoms with Gasteiger partial charge in [-0.25, -0.2) is 9.97 Å². The Bertz CT molecular complexity index is 882. The number of hydrogen-bond acceptors (Lipinski definition) is 5. The highest BCUT2D eigenvalue weighted by atomic mass is 16.5. The fraction of sp³-hybridized carbons (Fsp3) is 0.150. The number of pyridine rings is 2. The van der Waals surface area contributed by atoms with Gasteiger partial charge in [-0.15, -0.1) is 0 Å². The molecule has 3 aromatic rings. The number of amides is 1.